The first-order valence-electron chi connectivity index (χ1n) is 5.88. The molecule has 0 N–H and O–H groups in total. The van der Waals surface area contributed by atoms with Crippen LogP contribution in [-0.2, 0) is 0 Å². The minimum absolute atomic E-state index is 0.271. The maximum absolute atomic E-state index is 11.9. The van der Waals surface area contributed by atoms with Crippen LogP contribution in [0.5, 0.6) is 0 Å². The molecule has 1 aromatic carbocycles. The van der Waals surface area contributed by atoms with Gasteiger partial charge in [-0.2, -0.15) is 0 Å². The van der Waals surface area contributed by atoms with Gasteiger partial charge in [-0.1, -0.05) is 30.2 Å². The van der Waals surface area contributed by atoms with Crippen molar-refractivity contribution in [2.45, 2.75) is 0 Å². The van der Waals surface area contributed by atoms with Gasteiger partial charge in [0.15, 0.2) is 0 Å². The Hall–Kier alpha value is -2.86. The molecule has 0 atom stereocenters. The lowest BCUT2D eigenvalue weighted by Crippen LogP contribution is -1.94. The normalized spacial score (nSPS) is 9.89. The molecule has 0 spiro atoms. The SMILES string of the molecule is O=C(C#Cc1ccccc1)c1cn2ccccc2n1. The van der Waals surface area contributed by atoms with E-state index in [2.05, 4.69) is 16.8 Å². The quantitative estimate of drug-likeness (QED) is 0.488. The molecule has 3 aromatic rings. The van der Waals surface area contributed by atoms with Crippen LogP contribution in [0.1, 0.15) is 16.1 Å². The van der Waals surface area contributed by atoms with Crippen molar-refractivity contribution in [3.8, 4) is 11.8 Å². The van der Waals surface area contributed by atoms with Crippen LogP contribution < -0.4 is 0 Å². The van der Waals surface area contributed by atoms with Gasteiger partial charge in [0.25, 0.3) is 5.78 Å². The van der Waals surface area contributed by atoms with E-state index in [-0.39, 0.29) is 5.78 Å². The third-order valence-electron chi connectivity index (χ3n) is 2.69. The zero-order chi connectivity index (χ0) is 13.1. The van der Waals surface area contributed by atoms with Gasteiger partial charge < -0.3 is 4.40 Å². The molecule has 0 saturated heterocycles. The molecule has 0 aliphatic heterocycles. The summed E-state index contributed by atoms with van der Waals surface area (Å²) in [6.07, 6.45) is 3.54. The summed E-state index contributed by atoms with van der Waals surface area (Å²) in [6.45, 7) is 0. The Morgan fingerprint density at radius 1 is 1.05 bits per heavy atom. The highest BCUT2D eigenvalue weighted by molar-refractivity contribution is 6.08. The fraction of sp³-hybridized carbons (Fsp3) is 0. The minimum Gasteiger partial charge on any atom is -0.306 e. The van der Waals surface area contributed by atoms with E-state index in [9.17, 15) is 4.79 Å². The Morgan fingerprint density at radius 2 is 1.84 bits per heavy atom. The van der Waals surface area contributed by atoms with Gasteiger partial charge in [0.1, 0.15) is 11.3 Å². The van der Waals surface area contributed by atoms with Crippen molar-refractivity contribution in [2.24, 2.45) is 0 Å². The molecular weight excluding hydrogens is 236 g/mol. The molecule has 0 fully saturated rings. The number of aromatic nitrogens is 2. The first-order chi connectivity index (χ1) is 9.33. The molecule has 2 aromatic heterocycles. The van der Waals surface area contributed by atoms with Gasteiger partial charge in [-0.25, -0.2) is 4.98 Å². The second-order valence-corrected chi connectivity index (χ2v) is 4.04. The van der Waals surface area contributed by atoms with Gasteiger partial charge in [-0.3, -0.25) is 4.79 Å². The molecule has 0 unspecified atom stereocenters. The van der Waals surface area contributed by atoms with Crippen LogP contribution in [0.2, 0.25) is 0 Å². The fourth-order valence-electron chi connectivity index (χ4n) is 1.76. The van der Waals surface area contributed by atoms with Crippen LogP contribution >= 0.6 is 0 Å². The number of rotatable bonds is 1. The first kappa shape index (κ1) is 11.2. The molecule has 90 valence electrons. The predicted octanol–water partition coefficient (Wildman–Crippen LogP) is 2.57. The second kappa shape index (κ2) is 4.79. The van der Waals surface area contributed by atoms with Gasteiger partial charge in [0, 0.05) is 18.0 Å². The number of pyridine rings is 1. The molecule has 0 bridgehead atoms. The summed E-state index contributed by atoms with van der Waals surface area (Å²) in [6, 6.07) is 15.0. The third kappa shape index (κ3) is 2.38. The van der Waals surface area contributed by atoms with Crippen LogP contribution in [0.4, 0.5) is 0 Å². The van der Waals surface area contributed by atoms with Crippen molar-refractivity contribution in [1.29, 1.82) is 0 Å². The van der Waals surface area contributed by atoms with Gasteiger partial charge in [0.2, 0.25) is 0 Å². The second-order valence-electron chi connectivity index (χ2n) is 4.04. The van der Waals surface area contributed by atoms with E-state index >= 15 is 0 Å². The standard InChI is InChI=1S/C16H10N2O/c19-15(10-9-13-6-2-1-3-7-13)14-12-18-11-5-4-8-16(18)17-14/h1-8,11-12H. The van der Waals surface area contributed by atoms with Crippen molar-refractivity contribution >= 4 is 11.4 Å². The summed E-state index contributed by atoms with van der Waals surface area (Å²) < 4.78 is 1.80. The molecule has 3 nitrogen and oxygen atoms in total. The number of carbonyl (C=O) groups is 1. The highest BCUT2D eigenvalue weighted by atomic mass is 16.1. The van der Waals surface area contributed by atoms with E-state index in [0.29, 0.717) is 5.69 Å². The van der Waals surface area contributed by atoms with Crippen molar-refractivity contribution in [1.82, 2.24) is 9.38 Å². The Balaban J connectivity index is 1.90. The smallest absolute Gasteiger partial charge is 0.256 e. The number of hydrogen-bond donors (Lipinski definition) is 0. The third-order valence-corrected chi connectivity index (χ3v) is 2.69. The van der Waals surface area contributed by atoms with E-state index in [1.54, 1.807) is 10.6 Å². The molecule has 0 aliphatic carbocycles. The van der Waals surface area contributed by atoms with Gasteiger partial charge in [-0.15, -0.1) is 0 Å². The monoisotopic (exact) mass is 246 g/mol. The fourth-order valence-corrected chi connectivity index (χ4v) is 1.76. The van der Waals surface area contributed by atoms with Crippen LogP contribution in [0, 0.1) is 11.8 Å². The van der Waals surface area contributed by atoms with E-state index in [1.807, 2.05) is 54.7 Å². The highest BCUT2D eigenvalue weighted by Crippen LogP contribution is 2.05. The lowest BCUT2D eigenvalue weighted by molar-refractivity contribution is 0.105. The summed E-state index contributed by atoms with van der Waals surface area (Å²) in [7, 11) is 0. The number of carbonyl (C=O) groups excluding carboxylic acids is 1. The summed E-state index contributed by atoms with van der Waals surface area (Å²) >= 11 is 0. The molecule has 0 radical (unpaired) electrons. The van der Waals surface area contributed by atoms with Gasteiger partial charge >= 0.3 is 0 Å². The zero-order valence-electron chi connectivity index (χ0n) is 10.1. The Labute approximate surface area is 110 Å². The average molecular weight is 246 g/mol. The van der Waals surface area contributed by atoms with Gasteiger partial charge in [-0.05, 0) is 30.2 Å². The number of benzene rings is 1. The number of hydrogen-bond acceptors (Lipinski definition) is 2. The van der Waals surface area contributed by atoms with Crippen molar-refractivity contribution in [3.63, 3.8) is 0 Å². The van der Waals surface area contributed by atoms with Crippen molar-refractivity contribution < 1.29 is 4.79 Å². The number of nitrogens with zero attached hydrogens (tertiary/aromatic N) is 2. The molecular formula is C16H10N2O. The summed E-state index contributed by atoms with van der Waals surface area (Å²) in [4.78, 5) is 16.2. The summed E-state index contributed by atoms with van der Waals surface area (Å²) in [5.41, 5.74) is 1.93. The summed E-state index contributed by atoms with van der Waals surface area (Å²) in [5, 5.41) is 0. The molecule has 19 heavy (non-hydrogen) atoms. The van der Waals surface area contributed by atoms with Crippen LogP contribution in [-0.4, -0.2) is 15.2 Å². The zero-order valence-corrected chi connectivity index (χ0v) is 10.1. The lowest BCUT2D eigenvalue weighted by Gasteiger charge is -1.86. The molecule has 3 heteroatoms. The van der Waals surface area contributed by atoms with Crippen LogP contribution in [0.25, 0.3) is 5.65 Å². The molecule has 3 rings (SSSR count). The van der Waals surface area contributed by atoms with Crippen molar-refractivity contribution in [2.75, 3.05) is 0 Å². The van der Waals surface area contributed by atoms with Crippen LogP contribution in [0.3, 0.4) is 0 Å². The Kier molecular flexibility index (Phi) is 2.83. The average Bonchev–Trinajstić information content (AvgIpc) is 2.90. The number of ketones is 1. The number of fused-ring (bicyclic) bond motifs is 1. The topological polar surface area (TPSA) is 34.4 Å². The maximum Gasteiger partial charge on any atom is 0.256 e. The number of Topliss-reactive ketones (excluding diaryl/α,β-unsaturated/α-hetero) is 1. The maximum atomic E-state index is 11.9. The molecule has 2 heterocycles. The van der Waals surface area contributed by atoms with E-state index in [4.69, 9.17) is 0 Å². The van der Waals surface area contributed by atoms with Gasteiger partial charge in [0.05, 0.1) is 0 Å². The summed E-state index contributed by atoms with van der Waals surface area (Å²) in [5.74, 6) is 5.18. The van der Waals surface area contributed by atoms with E-state index in [1.165, 1.54) is 0 Å². The largest absolute Gasteiger partial charge is 0.306 e. The molecule has 0 aliphatic rings. The van der Waals surface area contributed by atoms with E-state index < -0.39 is 0 Å². The predicted molar refractivity (Wildman–Crippen MR) is 72.8 cm³/mol. The minimum atomic E-state index is -0.271. The molecule has 0 saturated carbocycles. The highest BCUT2D eigenvalue weighted by Gasteiger charge is 2.07. The first-order valence-corrected chi connectivity index (χ1v) is 5.88. The number of imidazole rings is 1. The van der Waals surface area contributed by atoms with Crippen LogP contribution in [0.15, 0.2) is 60.9 Å². The lowest BCUT2D eigenvalue weighted by atomic mass is 10.2. The Bertz CT molecular complexity index is 758. The molecule has 0 amide bonds. The van der Waals surface area contributed by atoms with E-state index in [0.717, 1.165) is 11.2 Å². The van der Waals surface area contributed by atoms with Crippen molar-refractivity contribution in [3.05, 3.63) is 72.2 Å². The Morgan fingerprint density at radius 3 is 2.63 bits per heavy atom.